The Hall–Kier alpha value is -1.40. The van der Waals surface area contributed by atoms with E-state index in [1.165, 1.54) is 0 Å². The van der Waals surface area contributed by atoms with Crippen molar-refractivity contribution < 1.29 is 0 Å². The second-order valence-corrected chi connectivity index (χ2v) is 5.40. The highest BCUT2D eigenvalue weighted by molar-refractivity contribution is 5.09. The standard InChI is InChI=1S/C15H23N3/c1-13-7-6-8-14(18-13)11-17-10-5-4-9-15(2,3)12-16/h6-8,17H,4-5,9-11H2,1-3H3. The molecule has 0 amide bonds. The summed E-state index contributed by atoms with van der Waals surface area (Å²) < 4.78 is 0. The van der Waals surface area contributed by atoms with E-state index in [1.54, 1.807) is 0 Å². The molecular weight excluding hydrogens is 222 g/mol. The van der Waals surface area contributed by atoms with Gasteiger partial charge in [0.1, 0.15) is 0 Å². The normalized spacial score (nSPS) is 11.2. The summed E-state index contributed by atoms with van der Waals surface area (Å²) in [6, 6.07) is 8.42. The molecule has 0 aliphatic carbocycles. The van der Waals surface area contributed by atoms with E-state index in [1.807, 2.05) is 39.0 Å². The van der Waals surface area contributed by atoms with Gasteiger partial charge in [0.2, 0.25) is 0 Å². The van der Waals surface area contributed by atoms with Crippen molar-refractivity contribution in [1.82, 2.24) is 10.3 Å². The Morgan fingerprint density at radius 2 is 2.11 bits per heavy atom. The van der Waals surface area contributed by atoms with E-state index in [4.69, 9.17) is 5.26 Å². The molecule has 1 heterocycles. The zero-order chi connectivity index (χ0) is 13.4. The number of nitriles is 1. The van der Waals surface area contributed by atoms with Gasteiger partial charge in [0, 0.05) is 12.2 Å². The summed E-state index contributed by atoms with van der Waals surface area (Å²) in [5.41, 5.74) is 1.97. The Bertz CT molecular complexity index is 404. The van der Waals surface area contributed by atoms with Crippen molar-refractivity contribution in [1.29, 1.82) is 5.26 Å². The Kier molecular flexibility index (Phi) is 5.80. The Labute approximate surface area is 110 Å². The summed E-state index contributed by atoms with van der Waals surface area (Å²) in [5, 5.41) is 12.3. The van der Waals surface area contributed by atoms with Gasteiger partial charge in [-0.1, -0.05) is 12.5 Å². The third-order valence-electron chi connectivity index (χ3n) is 2.96. The highest BCUT2D eigenvalue weighted by Crippen LogP contribution is 2.21. The van der Waals surface area contributed by atoms with Crippen molar-refractivity contribution in [3.05, 3.63) is 29.6 Å². The molecule has 0 fully saturated rings. The number of pyridine rings is 1. The van der Waals surface area contributed by atoms with Gasteiger partial charge >= 0.3 is 0 Å². The van der Waals surface area contributed by atoms with Crippen LogP contribution >= 0.6 is 0 Å². The van der Waals surface area contributed by atoms with Crippen LogP contribution in [0.25, 0.3) is 0 Å². The van der Waals surface area contributed by atoms with Crippen LogP contribution in [-0.2, 0) is 6.54 Å². The largest absolute Gasteiger partial charge is 0.311 e. The average molecular weight is 245 g/mol. The molecule has 1 aromatic heterocycles. The van der Waals surface area contributed by atoms with Gasteiger partial charge in [-0.3, -0.25) is 4.98 Å². The zero-order valence-corrected chi connectivity index (χ0v) is 11.7. The minimum atomic E-state index is -0.182. The lowest BCUT2D eigenvalue weighted by molar-refractivity contribution is 0.422. The maximum atomic E-state index is 8.90. The Morgan fingerprint density at radius 1 is 1.33 bits per heavy atom. The van der Waals surface area contributed by atoms with Crippen molar-refractivity contribution in [2.75, 3.05) is 6.54 Å². The lowest BCUT2D eigenvalue weighted by Crippen LogP contribution is -2.16. The van der Waals surface area contributed by atoms with Gasteiger partial charge in [-0.15, -0.1) is 0 Å². The number of rotatable bonds is 7. The van der Waals surface area contributed by atoms with Crippen LogP contribution in [0.4, 0.5) is 0 Å². The fourth-order valence-corrected chi connectivity index (χ4v) is 1.79. The van der Waals surface area contributed by atoms with Crippen LogP contribution in [0.3, 0.4) is 0 Å². The van der Waals surface area contributed by atoms with Gasteiger partial charge in [0.25, 0.3) is 0 Å². The van der Waals surface area contributed by atoms with Gasteiger partial charge in [-0.25, -0.2) is 0 Å². The predicted molar refractivity (Wildman–Crippen MR) is 73.9 cm³/mol. The van der Waals surface area contributed by atoms with Gasteiger partial charge in [-0.05, 0) is 52.3 Å². The van der Waals surface area contributed by atoms with E-state index in [0.717, 1.165) is 43.7 Å². The quantitative estimate of drug-likeness (QED) is 0.750. The molecule has 3 nitrogen and oxygen atoms in total. The van der Waals surface area contributed by atoms with Crippen molar-refractivity contribution in [2.45, 2.75) is 46.6 Å². The van der Waals surface area contributed by atoms with Crippen molar-refractivity contribution in [3.63, 3.8) is 0 Å². The second kappa shape index (κ2) is 7.13. The van der Waals surface area contributed by atoms with Gasteiger partial charge in [0.15, 0.2) is 0 Å². The van der Waals surface area contributed by atoms with Crippen LogP contribution < -0.4 is 5.32 Å². The molecule has 0 saturated heterocycles. The SMILES string of the molecule is Cc1cccc(CNCCCCC(C)(C)C#N)n1. The van der Waals surface area contributed by atoms with E-state index in [9.17, 15) is 0 Å². The fraction of sp³-hybridized carbons (Fsp3) is 0.600. The fourth-order valence-electron chi connectivity index (χ4n) is 1.79. The number of nitrogens with zero attached hydrogens (tertiary/aromatic N) is 2. The molecule has 98 valence electrons. The zero-order valence-electron chi connectivity index (χ0n) is 11.7. The summed E-state index contributed by atoms with van der Waals surface area (Å²) in [6.45, 7) is 7.81. The lowest BCUT2D eigenvalue weighted by atomic mass is 9.89. The van der Waals surface area contributed by atoms with Gasteiger partial charge in [0.05, 0.1) is 17.2 Å². The third-order valence-corrected chi connectivity index (χ3v) is 2.96. The molecular formula is C15H23N3. The van der Waals surface area contributed by atoms with E-state index in [2.05, 4.69) is 16.4 Å². The topological polar surface area (TPSA) is 48.7 Å². The van der Waals surface area contributed by atoms with Crippen LogP contribution in [0.1, 0.15) is 44.5 Å². The molecule has 0 unspecified atom stereocenters. The monoisotopic (exact) mass is 245 g/mol. The molecule has 0 saturated carbocycles. The molecule has 0 atom stereocenters. The summed E-state index contributed by atoms with van der Waals surface area (Å²) in [7, 11) is 0. The minimum Gasteiger partial charge on any atom is -0.311 e. The Morgan fingerprint density at radius 3 is 2.78 bits per heavy atom. The first kappa shape index (κ1) is 14.7. The number of hydrogen-bond acceptors (Lipinski definition) is 3. The van der Waals surface area contributed by atoms with Crippen LogP contribution in [0, 0.1) is 23.7 Å². The maximum Gasteiger partial charge on any atom is 0.0683 e. The third kappa shape index (κ3) is 5.79. The summed E-state index contributed by atoms with van der Waals surface area (Å²) in [4.78, 5) is 4.44. The summed E-state index contributed by atoms with van der Waals surface area (Å²) in [5.74, 6) is 0. The summed E-state index contributed by atoms with van der Waals surface area (Å²) in [6.07, 6.45) is 3.17. The highest BCUT2D eigenvalue weighted by Gasteiger charge is 2.15. The molecule has 1 aromatic rings. The molecule has 0 spiro atoms. The van der Waals surface area contributed by atoms with Crippen LogP contribution in [0.5, 0.6) is 0 Å². The van der Waals surface area contributed by atoms with Crippen molar-refractivity contribution in [3.8, 4) is 6.07 Å². The van der Waals surface area contributed by atoms with Crippen molar-refractivity contribution in [2.24, 2.45) is 5.41 Å². The molecule has 18 heavy (non-hydrogen) atoms. The van der Waals surface area contributed by atoms with Gasteiger partial charge in [-0.2, -0.15) is 5.26 Å². The first-order chi connectivity index (χ1) is 8.53. The maximum absolute atomic E-state index is 8.90. The molecule has 1 N–H and O–H groups in total. The smallest absolute Gasteiger partial charge is 0.0683 e. The molecule has 0 radical (unpaired) electrons. The number of unbranched alkanes of at least 4 members (excludes halogenated alkanes) is 1. The lowest BCUT2D eigenvalue weighted by Gasteiger charge is -2.14. The molecule has 0 aliphatic heterocycles. The first-order valence-electron chi connectivity index (χ1n) is 6.58. The minimum absolute atomic E-state index is 0.182. The van der Waals surface area contributed by atoms with Crippen LogP contribution in [-0.4, -0.2) is 11.5 Å². The van der Waals surface area contributed by atoms with Crippen molar-refractivity contribution >= 4 is 0 Å². The van der Waals surface area contributed by atoms with Crippen LogP contribution in [0.2, 0.25) is 0 Å². The highest BCUT2D eigenvalue weighted by atomic mass is 14.9. The molecule has 0 bridgehead atoms. The second-order valence-electron chi connectivity index (χ2n) is 5.40. The Balaban J connectivity index is 2.11. The van der Waals surface area contributed by atoms with E-state index >= 15 is 0 Å². The predicted octanol–water partition coefficient (Wildman–Crippen LogP) is 3.20. The van der Waals surface area contributed by atoms with E-state index < -0.39 is 0 Å². The van der Waals surface area contributed by atoms with Crippen LogP contribution in [0.15, 0.2) is 18.2 Å². The first-order valence-corrected chi connectivity index (χ1v) is 6.58. The van der Waals surface area contributed by atoms with Gasteiger partial charge < -0.3 is 5.32 Å². The molecule has 1 rings (SSSR count). The average Bonchev–Trinajstić information content (AvgIpc) is 2.34. The van der Waals surface area contributed by atoms with E-state index in [0.29, 0.717) is 0 Å². The summed E-state index contributed by atoms with van der Waals surface area (Å²) >= 11 is 0. The molecule has 3 heteroatoms. The van der Waals surface area contributed by atoms with E-state index in [-0.39, 0.29) is 5.41 Å². The number of hydrogen-bond donors (Lipinski definition) is 1. The molecule has 0 aliphatic rings. The number of aryl methyl sites for hydroxylation is 1. The molecule has 0 aromatic carbocycles. The number of nitrogens with one attached hydrogen (secondary N) is 1. The number of aromatic nitrogens is 1.